The fourth-order valence-electron chi connectivity index (χ4n) is 3.57. The van der Waals surface area contributed by atoms with E-state index in [2.05, 4.69) is 4.98 Å². The van der Waals surface area contributed by atoms with Crippen LogP contribution >= 0.6 is 0 Å². The molecule has 162 valence electrons. The molecule has 0 aliphatic rings. The molecule has 2 amide bonds. The Morgan fingerprint density at radius 2 is 1.61 bits per heavy atom. The molecule has 6 nitrogen and oxygen atoms in total. The summed E-state index contributed by atoms with van der Waals surface area (Å²) < 4.78 is 0. The Labute approximate surface area is 182 Å². The number of benzene rings is 2. The molecule has 2 atom stereocenters. The Morgan fingerprint density at radius 1 is 0.968 bits per heavy atom. The highest BCUT2D eigenvalue weighted by molar-refractivity contribution is 6.01. The first-order valence-corrected chi connectivity index (χ1v) is 10.5. The molecule has 0 radical (unpaired) electrons. The monoisotopic (exact) mass is 418 g/mol. The quantitative estimate of drug-likeness (QED) is 0.521. The van der Waals surface area contributed by atoms with Crippen LogP contribution in [-0.2, 0) is 16.0 Å². The molecule has 3 aromatic rings. The number of hydrogen-bond donors (Lipinski definition) is 3. The lowest BCUT2D eigenvalue weighted by Gasteiger charge is -2.24. The highest BCUT2D eigenvalue weighted by Gasteiger charge is 2.29. The fraction of sp³-hybridized carbons (Fsp3) is 0.280. The van der Waals surface area contributed by atoms with Gasteiger partial charge in [-0.3, -0.25) is 14.5 Å². The number of nitrogens with one attached hydrogen (secondary N) is 1. The molecule has 0 saturated heterocycles. The van der Waals surface area contributed by atoms with E-state index in [1.165, 1.54) is 6.20 Å². The van der Waals surface area contributed by atoms with Gasteiger partial charge in [0, 0.05) is 23.3 Å². The molecule has 0 spiro atoms. The summed E-state index contributed by atoms with van der Waals surface area (Å²) in [7, 11) is 0. The second kappa shape index (κ2) is 10.2. The number of para-hydroxylation sites is 1. The van der Waals surface area contributed by atoms with E-state index in [4.69, 9.17) is 11.5 Å². The third kappa shape index (κ3) is 5.69. The molecule has 6 heteroatoms. The number of nitrogens with two attached hydrogens (primary N) is 2. The van der Waals surface area contributed by atoms with E-state index in [1.807, 2.05) is 74.6 Å². The van der Waals surface area contributed by atoms with Gasteiger partial charge in [0.1, 0.15) is 0 Å². The molecule has 0 bridgehead atoms. The fourth-order valence-corrected chi connectivity index (χ4v) is 3.57. The number of H-pyrrole nitrogens is 1. The average Bonchev–Trinajstić information content (AvgIpc) is 3.16. The molecule has 0 saturated carbocycles. The molecule has 3 rings (SSSR count). The predicted molar refractivity (Wildman–Crippen MR) is 125 cm³/mol. The molecule has 0 unspecified atom stereocenters. The van der Waals surface area contributed by atoms with Gasteiger partial charge >= 0.3 is 0 Å². The number of aromatic amines is 1. The van der Waals surface area contributed by atoms with E-state index >= 15 is 0 Å². The minimum Gasteiger partial charge on any atom is -0.361 e. The number of carbonyl (C=O) groups is 2. The molecule has 5 N–H and O–H groups in total. The van der Waals surface area contributed by atoms with Crippen molar-refractivity contribution in [1.82, 2.24) is 9.88 Å². The van der Waals surface area contributed by atoms with Crippen molar-refractivity contribution in [1.29, 1.82) is 0 Å². The Morgan fingerprint density at radius 3 is 2.32 bits per heavy atom. The van der Waals surface area contributed by atoms with Crippen LogP contribution in [0.5, 0.6) is 0 Å². The minimum absolute atomic E-state index is 0.230. The van der Waals surface area contributed by atoms with Gasteiger partial charge in [0.15, 0.2) is 0 Å². The lowest BCUT2D eigenvalue weighted by Crippen LogP contribution is -2.50. The van der Waals surface area contributed by atoms with E-state index < -0.39 is 23.9 Å². The number of amides is 2. The average molecular weight is 419 g/mol. The summed E-state index contributed by atoms with van der Waals surface area (Å²) in [5.74, 6) is -0.684. The summed E-state index contributed by atoms with van der Waals surface area (Å²) >= 11 is 0. The maximum absolute atomic E-state index is 13.2. The molecule has 0 aliphatic heterocycles. The zero-order chi connectivity index (χ0) is 22.4. The van der Waals surface area contributed by atoms with Crippen LogP contribution in [0.4, 0.5) is 0 Å². The summed E-state index contributed by atoms with van der Waals surface area (Å²) in [4.78, 5) is 30.5. The third-order valence-electron chi connectivity index (χ3n) is 5.16. The first kappa shape index (κ1) is 22.5. The summed E-state index contributed by atoms with van der Waals surface area (Å²) in [5.41, 5.74) is 15.2. The summed E-state index contributed by atoms with van der Waals surface area (Å²) in [6.07, 6.45) is 5.85. The highest BCUT2D eigenvalue weighted by Crippen LogP contribution is 2.19. The molecule has 31 heavy (non-hydrogen) atoms. The van der Waals surface area contributed by atoms with Crippen molar-refractivity contribution in [2.45, 2.75) is 38.8 Å². The number of rotatable bonds is 8. The molecule has 0 fully saturated rings. The normalized spacial score (nSPS) is 13.6. The number of aromatic nitrogens is 1. The third-order valence-corrected chi connectivity index (χ3v) is 5.16. The standard InChI is InChI=1S/C25H30N4O2/c1-17(2)14-21(26)24(30)29(13-12-18-8-4-3-5-9-18)25(31)22(27)15-19-16-28-23-11-7-6-10-20(19)23/h3-13,16-17,21-22,28H,14-15,26-27H2,1-2H3/t21-,22-/m0/s1. The van der Waals surface area contributed by atoms with Crippen LogP contribution in [-0.4, -0.2) is 33.8 Å². The van der Waals surface area contributed by atoms with Gasteiger partial charge < -0.3 is 16.5 Å². The second-order valence-corrected chi connectivity index (χ2v) is 8.18. The van der Waals surface area contributed by atoms with Crippen LogP contribution in [0.2, 0.25) is 0 Å². The van der Waals surface area contributed by atoms with Crippen molar-refractivity contribution in [3.63, 3.8) is 0 Å². The largest absolute Gasteiger partial charge is 0.361 e. The number of fused-ring (bicyclic) bond motifs is 1. The van der Waals surface area contributed by atoms with Gasteiger partial charge in [-0.25, -0.2) is 0 Å². The van der Waals surface area contributed by atoms with Crippen LogP contribution in [0.3, 0.4) is 0 Å². The predicted octanol–water partition coefficient (Wildman–Crippen LogP) is 3.44. The molecule has 2 aromatic carbocycles. The van der Waals surface area contributed by atoms with Crippen LogP contribution in [0, 0.1) is 5.92 Å². The second-order valence-electron chi connectivity index (χ2n) is 8.18. The van der Waals surface area contributed by atoms with Crippen molar-refractivity contribution >= 4 is 28.8 Å². The van der Waals surface area contributed by atoms with Crippen molar-refractivity contribution in [3.8, 4) is 0 Å². The van der Waals surface area contributed by atoms with Gasteiger partial charge in [0.05, 0.1) is 12.1 Å². The van der Waals surface area contributed by atoms with Crippen molar-refractivity contribution in [2.75, 3.05) is 0 Å². The molecule has 1 aromatic heterocycles. The van der Waals surface area contributed by atoms with Crippen LogP contribution < -0.4 is 11.5 Å². The van der Waals surface area contributed by atoms with Crippen molar-refractivity contribution in [2.24, 2.45) is 17.4 Å². The SMILES string of the molecule is CC(C)C[C@H](N)C(=O)N(C=Cc1ccccc1)C(=O)[C@@H](N)Cc1c[nH]c2ccccc12. The Balaban J connectivity index is 1.83. The molecular weight excluding hydrogens is 388 g/mol. The summed E-state index contributed by atoms with van der Waals surface area (Å²) in [6.45, 7) is 3.98. The van der Waals surface area contributed by atoms with E-state index in [0.29, 0.717) is 12.8 Å². The van der Waals surface area contributed by atoms with Gasteiger partial charge in [-0.05, 0) is 42.0 Å². The van der Waals surface area contributed by atoms with Crippen LogP contribution in [0.15, 0.2) is 67.0 Å². The summed E-state index contributed by atoms with van der Waals surface area (Å²) in [5, 5.41) is 1.01. The lowest BCUT2D eigenvalue weighted by molar-refractivity contribution is -0.143. The number of imide groups is 1. The number of nitrogens with zero attached hydrogens (tertiary/aromatic N) is 1. The molecular formula is C25H30N4O2. The first-order chi connectivity index (χ1) is 14.9. The zero-order valence-corrected chi connectivity index (χ0v) is 18.0. The van der Waals surface area contributed by atoms with E-state index in [9.17, 15) is 9.59 Å². The molecule has 1 heterocycles. The van der Waals surface area contributed by atoms with E-state index in [1.54, 1.807) is 6.08 Å². The van der Waals surface area contributed by atoms with Gasteiger partial charge in [0.2, 0.25) is 5.91 Å². The molecule has 0 aliphatic carbocycles. The van der Waals surface area contributed by atoms with Gasteiger partial charge in [-0.1, -0.05) is 62.4 Å². The van der Waals surface area contributed by atoms with Gasteiger partial charge in [0.25, 0.3) is 5.91 Å². The lowest BCUT2D eigenvalue weighted by atomic mass is 10.0. The number of carbonyl (C=O) groups excluding carboxylic acids is 2. The van der Waals surface area contributed by atoms with Crippen LogP contribution in [0.1, 0.15) is 31.4 Å². The number of hydrogen-bond acceptors (Lipinski definition) is 4. The Hall–Kier alpha value is -3.22. The van der Waals surface area contributed by atoms with E-state index in [-0.39, 0.29) is 5.92 Å². The maximum Gasteiger partial charge on any atom is 0.250 e. The van der Waals surface area contributed by atoms with Gasteiger partial charge in [-0.2, -0.15) is 0 Å². The maximum atomic E-state index is 13.2. The Kier molecular flexibility index (Phi) is 7.39. The smallest absolute Gasteiger partial charge is 0.250 e. The summed E-state index contributed by atoms with van der Waals surface area (Å²) in [6, 6.07) is 15.6. The zero-order valence-electron chi connectivity index (χ0n) is 18.0. The van der Waals surface area contributed by atoms with Crippen LogP contribution in [0.25, 0.3) is 17.0 Å². The topological polar surface area (TPSA) is 105 Å². The highest BCUT2D eigenvalue weighted by atomic mass is 16.2. The van der Waals surface area contributed by atoms with Gasteiger partial charge in [-0.15, -0.1) is 0 Å². The van der Waals surface area contributed by atoms with E-state index in [0.717, 1.165) is 26.9 Å². The minimum atomic E-state index is -0.880. The van der Waals surface area contributed by atoms with Crippen molar-refractivity contribution in [3.05, 3.63) is 78.1 Å². The Bertz CT molecular complexity index is 1060. The first-order valence-electron chi connectivity index (χ1n) is 10.5. The van der Waals surface area contributed by atoms with Crippen molar-refractivity contribution < 1.29 is 9.59 Å².